The molecule has 0 aliphatic heterocycles. The lowest BCUT2D eigenvalue weighted by Gasteiger charge is -2.38. The topological polar surface area (TPSA) is 26.3 Å². The van der Waals surface area contributed by atoms with Crippen LogP contribution < -0.4 is 0 Å². The fraction of sp³-hybridized carbons (Fsp3) is 0.933. The Kier molecular flexibility index (Phi) is 4.61. The minimum atomic E-state index is -0.394. The van der Waals surface area contributed by atoms with E-state index in [9.17, 15) is 4.79 Å². The first-order valence-electron chi connectivity index (χ1n) is 7.47. The summed E-state index contributed by atoms with van der Waals surface area (Å²) in [5, 5.41) is 0. The van der Waals surface area contributed by atoms with Crippen molar-refractivity contribution in [2.75, 3.05) is 6.61 Å². The molecular weight excluding hydrogens is 212 g/mol. The molecule has 98 valence electrons. The summed E-state index contributed by atoms with van der Waals surface area (Å²) in [6.45, 7) is 2.70. The SMILES string of the molecule is CCOC1(C(=O)C2CCCCC2)CCCCC1. The highest BCUT2D eigenvalue weighted by Gasteiger charge is 2.43. The van der Waals surface area contributed by atoms with Crippen LogP contribution in [0.5, 0.6) is 0 Å². The number of rotatable bonds is 4. The Labute approximate surface area is 105 Å². The molecule has 2 nitrogen and oxygen atoms in total. The standard InChI is InChI=1S/C15H26O2/c1-2-17-15(11-7-4-8-12-15)14(16)13-9-5-3-6-10-13/h13H,2-12H2,1H3. The Balaban J connectivity index is 2.05. The second kappa shape index (κ2) is 5.99. The fourth-order valence-corrected chi connectivity index (χ4v) is 3.60. The third-order valence-electron chi connectivity index (χ3n) is 4.51. The summed E-state index contributed by atoms with van der Waals surface area (Å²) in [5.41, 5.74) is -0.394. The van der Waals surface area contributed by atoms with E-state index in [-0.39, 0.29) is 0 Å². The van der Waals surface area contributed by atoms with E-state index in [0.29, 0.717) is 18.3 Å². The van der Waals surface area contributed by atoms with Gasteiger partial charge < -0.3 is 4.74 Å². The summed E-state index contributed by atoms with van der Waals surface area (Å²) in [4.78, 5) is 12.7. The largest absolute Gasteiger partial charge is 0.367 e. The number of carbonyl (C=O) groups is 1. The maximum absolute atomic E-state index is 12.7. The Morgan fingerprint density at radius 2 is 1.65 bits per heavy atom. The minimum absolute atomic E-state index is 0.299. The van der Waals surface area contributed by atoms with Crippen LogP contribution in [-0.4, -0.2) is 18.0 Å². The predicted octanol–water partition coefficient (Wildman–Crippen LogP) is 3.88. The smallest absolute Gasteiger partial charge is 0.167 e. The first kappa shape index (κ1) is 13.1. The molecule has 2 heteroatoms. The van der Waals surface area contributed by atoms with E-state index in [2.05, 4.69) is 0 Å². The molecule has 0 amide bonds. The zero-order valence-corrected chi connectivity index (χ0v) is 11.2. The number of carbonyl (C=O) groups excluding carboxylic acids is 1. The summed E-state index contributed by atoms with van der Waals surface area (Å²) < 4.78 is 5.94. The van der Waals surface area contributed by atoms with Gasteiger partial charge in [0.1, 0.15) is 5.60 Å². The monoisotopic (exact) mass is 238 g/mol. The molecule has 0 aromatic carbocycles. The van der Waals surface area contributed by atoms with E-state index >= 15 is 0 Å². The third-order valence-corrected chi connectivity index (χ3v) is 4.51. The first-order chi connectivity index (χ1) is 8.28. The molecule has 0 aromatic heterocycles. The minimum Gasteiger partial charge on any atom is -0.367 e. The van der Waals surface area contributed by atoms with E-state index < -0.39 is 5.60 Å². The van der Waals surface area contributed by atoms with Crippen LogP contribution in [0.4, 0.5) is 0 Å². The van der Waals surface area contributed by atoms with Gasteiger partial charge in [0.15, 0.2) is 5.78 Å². The highest BCUT2D eigenvalue weighted by molar-refractivity contribution is 5.89. The highest BCUT2D eigenvalue weighted by atomic mass is 16.5. The van der Waals surface area contributed by atoms with Gasteiger partial charge in [-0.2, -0.15) is 0 Å². The van der Waals surface area contributed by atoms with Gasteiger partial charge in [-0.1, -0.05) is 38.5 Å². The van der Waals surface area contributed by atoms with Gasteiger partial charge in [0.25, 0.3) is 0 Å². The Hall–Kier alpha value is -0.370. The Morgan fingerprint density at radius 1 is 1.06 bits per heavy atom. The summed E-state index contributed by atoms with van der Waals surface area (Å²) >= 11 is 0. The predicted molar refractivity (Wildman–Crippen MR) is 69.0 cm³/mol. The third kappa shape index (κ3) is 2.90. The van der Waals surface area contributed by atoms with Gasteiger partial charge in [0.05, 0.1) is 0 Å². The molecule has 2 saturated carbocycles. The first-order valence-corrected chi connectivity index (χ1v) is 7.47. The molecule has 0 atom stereocenters. The molecule has 0 radical (unpaired) electrons. The van der Waals surface area contributed by atoms with Crippen LogP contribution in [0.1, 0.15) is 71.1 Å². The average molecular weight is 238 g/mol. The Morgan fingerprint density at radius 3 is 2.24 bits per heavy atom. The van der Waals surface area contributed by atoms with Gasteiger partial charge in [-0.15, -0.1) is 0 Å². The summed E-state index contributed by atoms with van der Waals surface area (Å²) in [5.74, 6) is 0.743. The summed E-state index contributed by atoms with van der Waals surface area (Å²) in [7, 11) is 0. The number of hydrogen-bond acceptors (Lipinski definition) is 2. The fourth-order valence-electron chi connectivity index (χ4n) is 3.60. The van der Waals surface area contributed by atoms with Crippen LogP contribution in [0.15, 0.2) is 0 Å². The average Bonchev–Trinajstić information content (AvgIpc) is 2.40. The molecule has 0 aromatic rings. The van der Waals surface area contributed by atoms with Crippen LogP contribution in [0, 0.1) is 5.92 Å². The molecule has 2 aliphatic rings. The normalized spacial score (nSPS) is 25.7. The molecule has 0 saturated heterocycles. The lowest BCUT2D eigenvalue weighted by molar-refractivity contribution is -0.154. The molecule has 0 N–H and O–H groups in total. The molecule has 0 spiro atoms. The van der Waals surface area contributed by atoms with Crippen molar-refractivity contribution in [3.63, 3.8) is 0 Å². The van der Waals surface area contributed by atoms with Crippen LogP contribution in [0.3, 0.4) is 0 Å². The van der Waals surface area contributed by atoms with Gasteiger partial charge in [-0.05, 0) is 32.6 Å². The number of hydrogen-bond donors (Lipinski definition) is 0. The van der Waals surface area contributed by atoms with Crippen molar-refractivity contribution < 1.29 is 9.53 Å². The van der Waals surface area contributed by atoms with Gasteiger partial charge >= 0.3 is 0 Å². The van der Waals surface area contributed by atoms with E-state index in [1.807, 2.05) is 6.92 Å². The molecule has 0 unspecified atom stereocenters. The molecule has 17 heavy (non-hydrogen) atoms. The molecule has 2 rings (SSSR count). The zero-order chi connectivity index (χ0) is 12.1. The number of ether oxygens (including phenoxy) is 1. The van der Waals surface area contributed by atoms with Crippen LogP contribution in [-0.2, 0) is 9.53 Å². The number of ketones is 1. The van der Waals surface area contributed by atoms with Gasteiger partial charge in [0.2, 0.25) is 0 Å². The highest BCUT2D eigenvalue weighted by Crippen LogP contribution is 2.38. The van der Waals surface area contributed by atoms with Crippen molar-refractivity contribution >= 4 is 5.78 Å². The maximum atomic E-state index is 12.7. The van der Waals surface area contributed by atoms with Gasteiger partial charge in [0, 0.05) is 12.5 Å². The lowest BCUT2D eigenvalue weighted by atomic mass is 9.73. The van der Waals surface area contributed by atoms with Crippen molar-refractivity contribution in [2.24, 2.45) is 5.92 Å². The van der Waals surface area contributed by atoms with Crippen molar-refractivity contribution in [2.45, 2.75) is 76.7 Å². The van der Waals surface area contributed by atoms with Gasteiger partial charge in [-0.3, -0.25) is 4.79 Å². The molecule has 2 fully saturated rings. The quantitative estimate of drug-likeness (QED) is 0.743. The maximum Gasteiger partial charge on any atom is 0.167 e. The lowest BCUT2D eigenvalue weighted by Crippen LogP contribution is -2.47. The van der Waals surface area contributed by atoms with Crippen molar-refractivity contribution in [1.82, 2.24) is 0 Å². The van der Waals surface area contributed by atoms with E-state index in [0.717, 1.165) is 25.7 Å². The van der Waals surface area contributed by atoms with E-state index in [4.69, 9.17) is 4.74 Å². The van der Waals surface area contributed by atoms with E-state index in [1.54, 1.807) is 0 Å². The molecule has 2 aliphatic carbocycles. The number of Topliss-reactive ketones (excluding diaryl/α,β-unsaturated/α-hetero) is 1. The van der Waals surface area contributed by atoms with Crippen LogP contribution in [0.2, 0.25) is 0 Å². The van der Waals surface area contributed by atoms with Gasteiger partial charge in [-0.25, -0.2) is 0 Å². The summed E-state index contributed by atoms with van der Waals surface area (Å²) in [6.07, 6.45) is 11.5. The van der Waals surface area contributed by atoms with Crippen molar-refractivity contribution in [1.29, 1.82) is 0 Å². The molecular formula is C15H26O2. The second-order valence-corrected chi connectivity index (χ2v) is 5.69. The molecule has 0 bridgehead atoms. The van der Waals surface area contributed by atoms with Crippen LogP contribution in [0.25, 0.3) is 0 Å². The van der Waals surface area contributed by atoms with E-state index in [1.165, 1.54) is 38.5 Å². The van der Waals surface area contributed by atoms with Crippen molar-refractivity contribution in [3.05, 3.63) is 0 Å². The molecule has 0 heterocycles. The zero-order valence-electron chi connectivity index (χ0n) is 11.2. The summed E-state index contributed by atoms with van der Waals surface area (Å²) in [6, 6.07) is 0. The van der Waals surface area contributed by atoms with Crippen molar-refractivity contribution in [3.8, 4) is 0 Å². The Bertz CT molecular complexity index is 242. The van der Waals surface area contributed by atoms with Crippen LogP contribution >= 0.6 is 0 Å². The second-order valence-electron chi connectivity index (χ2n) is 5.69.